The van der Waals surface area contributed by atoms with Crippen LogP contribution in [-0.4, -0.2) is 13.1 Å². The molecule has 0 saturated carbocycles. The molecule has 0 saturated heterocycles. The number of rotatable bonds is 2. The second kappa shape index (κ2) is 3.35. The van der Waals surface area contributed by atoms with Crippen molar-refractivity contribution in [3.8, 4) is 0 Å². The van der Waals surface area contributed by atoms with Crippen molar-refractivity contribution in [2.45, 2.75) is 26.1 Å². The predicted octanol–water partition coefficient (Wildman–Crippen LogP) is 2.24. The average molecular weight is 206 g/mol. The van der Waals surface area contributed by atoms with Crippen molar-refractivity contribution in [2.75, 3.05) is 7.11 Å². The summed E-state index contributed by atoms with van der Waals surface area (Å²) in [7, 11) is 1.63. The first-order valence-corrected chi connectivity index (χ1v) is 4.90. The number of hydrogen-bond acceptors (Lipinski definition) is 3. The van der Waals surface area contributed by atoms with Crippen LogP contribution in [0.4, 0.5) is 0 Å². The number of fused-ring (bicyclic) bond motifs is 1. The number of esters is 1. The second-order valence-corrected chi connectivity index (χ2v) is 4.21. The van der Waals surface area contributed by atoms with Crippen LogP contribution in [0.15, 0.2) is 18.2 Å². The van der Waals surface area contributed by atoms with E-state index in [0.717, 1.165) is 11.1 Å². The number of cyclic esters (lactones) is 1. The second-order valence-electron chi connectivity index (χ2n) is 4.21. The highest BCUT2D eigenvalue weighted by Gasteiger charge is 2.37. The van der Waals surface area contributed by atoms with E-state index in [9.17, 15) is 4.79 Å². The van der Waals surface area contributed by atoms with Crippen LogP contribution in [0, 0.1) is 0 Å². The van der Waals surface area contributed by atoms with Crippen LogP contribution in [0.1, 0.15) is 35.3 Å². The first kappa shape index (κ1) is 10.2. The van der Waals surface area contributed by atoms with Gasteiger partial charge in [-0.05, 0) is 25.5 Å². The third kappa shape index (κ3) is 1.63. The van der Waals surface area contributed by atoms with Crippen molar-refractivity contribution in [3.05, 3.63) is 34.9 Å². The molecule has 0 radical (unpaired) electrons. The van der Waals surface area contributed by atoms with E-state index in [0.29, 0.717) is 12.2 Å². The fraction of sp³-hybridized carbons (Fsp3) is 0.417. The minimum Gasteiger partial charge on any atom is -0.451 e. The number of carbonyl (C=O) groups is 1. The summed E-state index contributed by atoms with van der Waals surface area (Å²) in [6.07, 6.45) is 0. The first-order valence-electron chi connectivity index (χ1n) is 4.90. The van der Waals surface area contributed by atoms with Gasteiger partial charge in [0.1, 0.15) is 5.60 Å². The van der Waals surface area contributed by atoms with Gasteiger partial charge in [0.15, 0.2) is 0 Å². The molecular weight excluding hydrogens is 192 g/mol. The highest BCUT2D eigenvalue weighted by atomic mass is 16.6. The van der Waals surface area contributed by atoms with Crippen LogP contribution in [0.25, 0.3) is 0 Å². The summed E-state index contributed by atoms with van der Waals surface area (Å²) in [5, 5.41) is 0. The lowest BCUT2D eigenvalue weighted by atomic mass is 9.95. The van der Waals surface area contributed by atoms with Crippen LogP contribution in [0.3, 0.4) is 0 Å². The fourth-order valence-electron chi connectivity index (χ4n) is 1.88. The third-order valence-corrected chi connectivity index (χ3v) is 2.61. The lowest BCUT2D eigenvalue weighted by Crippen LogP contribution is -2.15. The Labute approximate surface area is 89.0 Å². The van der Waals surface area contributed by atoms with Crippen molar-refractivity contribution in [1.82, 2.24) is 0 Å². The molecule has 1 aromatic rings. The number of carbonyl (C=O) groups excluding carboxylic acids is 1. The maximum Gasteiger partial charge on any atom is 0.339 e. The number of methoxy groups -OCH3 is 1. The summed E-state index contributed by atoms with van der Waals surface area (Å²) in [6, 6.07) is 5.75. The smallest absolute Gasteiger partial charge is 0.339 e. The average Bonchev–Trinajstić information content (AvgIpc) is 2.38. The Bertz CT molecular complexity index is 407. The molecule has 80 valence electrons. The Balaban J connectivity index is 2.46. The molecular formula is C12H14O3. The van der Waals surface area contributed by atoms with E-state index in [1.165, 1.54) is 0 Å². The normalized spacial score (nSPS) is 17.4. The quantitative estimate of drug-likeness (QED) is 0.696. The van der Waals surface area contributed by atoms with Crippen molar-refractivity contribution in [2.24, 2.45) is 0 Å². The van der Waals surface area contributed by atoms with Gasteiger partial charge in [-0.25, -0.2) is 4.79 Å². The van der Waals surface area contributed by atoms with Gasteiger partial charge in [0.2, 0.25) is 0 Å². The summed E-state index contributed by atoms with van der Waals surface area (Å²) in [4.78, 5) is 11.6. The number of benzene rings is 1. The van der Waals surface area contributed by atoms with Crippen molar-refractivity contribution >= 4 is 5.97 Å². The largest absolute Gasteiger partial charge is 0.451 e. The lowest BCUT2D eigenvalue weighted by Gasteiger charge is -2.17. The Kier molecular flexibility index (Phi) is 2.27. The van der Waals surface area contributed by atoms with Gasteiger partial charge in [0.25, 0.3) is 0 Å². The van der Waals surface area contributed by atoms with Crippen molar-refractivity contribution in [3.63, 3.8) is 0 Å². The Morgan fingerprint density at radius 1 is 1.40 bits per heavy atom. The molecule has 0 fully saturated rings. The summed E-state index contributed by atoms with van der Waals surface area (Å²) < 4.78 is 10.3. The highest BCUT2D eigenvalue weighted by molar-refractivity contribution is 5.94. The van der Waals surface area contributed by atoms with Gasteiger partial charge in [-0.15, -0.1) is 0 Å². The molecule has 1 aromatic carbocycles. The molecule has 0 bridgehead atoms. The summed E-state index contributed by atoms with van der Waals surface area (Å²) in [5.74, 6) is -0.243. The maximum atomic E-state index is 11.6. The predicted molar refractivity (Wildman–Crippen MR) is 55.6 cm³/mol. The van der Waals surface area contributed by atoms with Crippen molar-refractivity contribution in [1.29, 1.82) is 0 Å². The molecule has 0 aromatic heterocycles. The van der Waals surface area contributed by atoms with Crippen molar-refractivity contribution < 1.29 is 14.3 Å². The van der Waals surface area contributed by atoms with E-state index in [-0.39, 0.29) is 5.97 Å². The van der Waals surface area contributed by atoms with Crippen LogP contribution in [0.5, 0.6) is 0 Å². The van der Waals surface area contributed by atoms with Crippen LogP contribution < -0.4 is 0 Å². The Morgan fingerprint density at radius 3 is 2.80 bits per heavy atom. The fourth-order valence-corrected chi connectivity index (χ4v) is 1.88. The molecule has 3 heteroatoms. The van der Waals surface area contributed by atoms with E-state index in [2.05, 4.69) is 0 Å². The Hall–Kier alpha value is -1.35. The van der Waals surface area contributed by atoms with Gasteiger partial charge in [-0.2, -0.15) is 0 Å². The molecule has 1 aliphatic heterocycles. The summed E-state index contributed by atoms with van der Waals surface area (Å²) in [6.45, 7) is 4.31. The monoisotopic (exact) mass is 206 g/mol. The molecule has 0 aliphatic carbocycles. The van der Waals surface area contributed by atoms with E-state index in [4.69, 9.17) is 9.47 Å². The maximum absolute atomic E-state index is 11.6. The zero-order chi connectivity index (χ0) is 11.1. The first-order chi connectivity index (χ1) is 7.04. The summed E-state index contributed by atoms with van der Waals surface area (Å²) >= 11 is 0. The standard InChI is InChI=1S/C12H14O3/c1-12(2)10-5-4-8(7-14-3)6-9(10)11(13)15-12/h4-6H,7H2,1-3H3. The van der Waals surface area contributed by atoms with Gasteiger partial charge in [-0.1, -0.05) is 12.1 Å². The zero-order valence-electron chi connectivity index (χ0n) is 9.16. The summed E-state index contributed by atoms with van der Waals surface area (Å²) in [5.41, 5.74) is 2.10. The van der Waals surface area contributed by atoms with Gasteiger partial charge >= 0.3 is 5.97 Å². The molecule has 1 aliphatic rings. The lowest BCUT2D eigenvalue weighted by molar-refractivity contribution is 0.00954. The molecule has 1 heterocycles. The molecule has 0 spiro atoms. The van der Waals surface area contributed by atoms with Gasteiger partial charge < -0.3 is 9.47 Å². The molecule has 0 N–H and O–H groups in total. The minimum absolute atomic E-state index is 0.243. The topological polar surface area (TPSA) is 35.5 Å². The Morgan fingerprint density at radius 2 is 2.13 bits per heavy atom. The number of ether oxygens (including phenoxy) is 2. The molecule has 0 amide bonds. The number of hydrogen-bond donors (Lipinski definition) is 0. The molecule has 0 atom stereocenters. The van der Waals surface area contributed by atoms with E-state index >= 15 is 0 Å². The van der Waals surface area contributed by atoms with Gasteiger partial charge in [-0.3, -0.25) is 0 Å². The van der Waals surface area contributed by atoms with Gasteiger partial charge in [0, 0.05) is 12.7 Å². The zero-order valence-corrected chi connectivity index (χ0v) is 9.16. The molecule has 15 heavy (non-hydrogen) atoms. The minimum atomic E-state index is -0.502. The molecule has 3 nitrogen and oxygen atoms in total. The van der Waals surface area contributed by atoms with E-state index in [1.807, 2.05) is 32.0 Å². The molecule has 2 rings (SSSR count). The third-order valence-electron chi connectivity index (χ3n) is 2.61. The van der Waals surface area contributed by atoms with Crippen LogP contribution >= 0.6 is 0 Å². The van der Waals surface area contributed by atoms with Gasteiger partial charge in [0.05, 0.1) is 12.2 Å². The SMILES string of the molecule is COCc1ccc2c(c1)C(=O)OC2(C)C. The van der Waals surface area contributed by atoms with Crippen LogP contribution in [-0.2, 0) is 21.7 Å². The van der Waals surface area contributed by atoms with E-state index < -0.39 is 5.60 Å². The van der Waals surface area contributed by atoms with E-state index in [1.54, 1.807) is 7.11 Å². The van der Waals surface area contributed by atoms with Crippen LogP contribution in [0.2, 0.25) is 0 Å². The highest BCUT2D eigenvalue weighted by Crippen LogP contribution is 2.36. The molecule has 0 unspecified atom stereocenters.